The van der Waals surface area contributed by atoms with Gasteiger partial charge in [-0.1, -0.05) is 17.7 Å². The highest BCUT2D eigenvalue weighted by Crippen LogP contribution is 1.99. The van der Waals surface area contributed by atoms with Crippen LogP contribution in [0.2, 0.25) is 0 Å². The Balaban J connectivity index is 2.76. The van der Waals surface area contributed by atoms with Gasteiger partial charge in [-0.3, -0.25) is 4.79 Å². The second-order valence-electron chi connectivity index (χ2n) is 2.06. The lowest BCUT2D eigenvalue weighted by molar-refractivity contribution is 0.111. The molecule has 11 heavy (non-hydrogen) atoms. The summed E-state index contributed by atoms with van der Waals surface area (Å²) in [6.45, 7) is 0.643. The molecule has 3 heteroatoms. The van der Waals surface area contributed by atoms with Crippen molar-refractivity contribution in [2.75, 3.05) is 0 Å². The number of carbonyl (C=O) groups excluding carboxylic acids is 1. The minimum atomic E-state index is 0.643. The topological polar surface area (TPSA) is 22.0 Å². The third-order valence-corrected chi connectivity index (χ3v) is 1.55. The summed E-state index contributed by atoms with van der Waals surface area (Å²) in [7, 11) is 0. The van der Waals surface area contributed by atoms with Crippen LogP contribution in [0, 0.1) is 0 Å². The molecule has 1 aromatic heterocycles. The van der Waals surface area contributed by atoms with Crippen molar-refractivity contribution >= 4 is 17.9 Å². The number of halogens is 1. The van der Waals surface area contributed by atoms with E-state index in [2.05, 4.69) is 0 Å². The predicted molar refractivity (Wildman–Crippen MR) is 44.8 cm³/mol. The molecule has 0 radical (unpaired) electrons. The minimum Gasteiger partial charge on any atom is -0.341 e. The number of hydrogen-bond donors (Lipinski definition) is 0. The van der Waals surface area contributed by atoms with E-state index in [-0.39, 0.29) is 0 Å². The van der Waals surface area contributed by atoms with Gasteiger partial charge in [-0.2, -0.15) is 0 Å². The van der Waals surface area contributed by atoms with Gasteiger partial charge in [0.2, 0.25) is 0 Å². The third-order valence-electron chi connectivity index (χ3n) is 1.38. The van der Waals surface area contributed by atoms with Gasteiger partial charge in [0.1, 0.15) is 0 Å². The molecule has 58 valence electrons. The van der Waals surface area contributed by atoms with E-state index in [0.29, 0.717) is 12.2 Å². The first-order chi connectivity index (χ1) is 5.38. The van der Waals surface area contributed by atoms with Crippen LogP contribution >= 0.6 is 11.6 Å². The summed E-state index contributed by atoms with van der Waals surface area (Å²) >= 11 is 5.33. The molecular formula is C8H8ClNO. The summed E-state index contributed by atoms with van der Waals surface area (Å²) in [5.41, 5.74) is 2.11. The SMILES string of the molecule is O=Cc1cccn1C/C=C/Cl. The minimum absolute atomic E-state index is 0.643. The van der Waals surface area contributed by atoms with Crippen LogP contribution in [-0.4, -0.2) is 10.9 Å². The molecule has 0 aromatic carbocycles. The van der Waals surface area contributed by atoms with E-state index in [9.17, 15) is 4.79 Å². The van der Waals surface area contributed by atoms with Crippen molar-refractivity contribution in [1.82, 2.24) is 4.57 Å². The van der Waals surface area contributed by atoms with Gasteiger partial charge in [-0.05, 0) is 12.1 Å². The Morgan fingerprint density at radius 1 is 1.64 bits per heavy atom. The Kier molecular flexibility index (Phi) is 2.93. The predicted octanol–water partition coefficient (Wildman–Crippen LogP) is 2.05. The second-order valence-corrected chi connectivity index (χ2v) is 2.32. The maximum Gasteiger partial charge on any atom is 0.166 e. The summed E-state index contributed by atoms with van der Waals surface area (Å²) in [4.78, 5) is 10.4. The van der Waals surface area contributed by atoms with Crippen LogP contribution in [0.15, 0.2) is 29.9 Å². The normalized spacial score (nSPS) is 10.6. The van der Waals surface area contributed by atoms with Gasteiger partial charge in [0.25, 0.3) is 0 Å². The standard InChI is InChI=1S/C8H8ClNO/c9-4-2-6-10-5-1-3-8(10)7-11/h1-5,7H,6H2/b4-2+. The van der Waals surface area contributed by atoms with Crippen LogP contribution in [0.3, 0.4) is 0 Å². The van der Waals surface area contributed by atoms with Gasteiger partial charge in [-0.15, -0.1) is 0 Å². The van der Waals surface area contributed by atoms with Crippen LogP contribution in [0.25, 0.3) is 0 Å². The molecule has 0 N–H and O–H groups in total. The van der Waals surface area contributed by atoms with E-state index in [1.54, 1.807) is 12.1 Å². The van der Waals surface area contributed by atoms with E-state index in [1.165, 1.54) is 5.54 Å². The van der Waals surface area contributed by atoms with Crippen LogP contribution in [-0.2, 0) is 6.54 Å². The highest BCUT2D eigenvalue weighted by atomic mass is 35.5. The Hall–Kier alpha value is -1.02. The lowest BCUT2D eigenvalue weighted by atomic mass is 10.4. The molecule has 0 saturated carbocycles. The molecule has 0 amide bonds. The zero-order valence-electron chi connectivity index (χ0n) is 5.90. The highest BCUT2D eigenvalue weighted by Gasteiger charge is 1.94. The number of nitrogens with zero attached hydrogens (tertiary/aromatic N) is 1. The molecule has 0 aliphatic carbocycles. The molecule has 0 aliphatic rings. The fraction of sp³-hybridized carbons (Fsp3) is 0.125. The van der Waals surface area contributed by atoms with Gasteiger partial charge in [0.15, 0.2) is 6.29 Å². The fourth-order valence-electron chi connectivity index (χ4n) is 0.854. The van der Waals surface area contributed by atoms with E-state index >= 15 is 0 Å². The Bertz CT molecular complexity index is 265. The maximum atomic E-state index is 10.4. The molecule has 0 bridgehead atoms. The molecular weight excluding hydrogens is 162 g/mol. The first-order valence-electron chi connectivity index (χ1n) is 3.24. The van der Waals surface area contributed by atoms with Gasteiger partial charge in [0, 0.05) is 18.3 Å². The van der Waals surface area contributed by atoms with Crippen molar-refractivity contribution in [3.63, 3.8) is 0 Å². The molecule has 0 unspecified atom stereocenters. The fourth-order valence-corrected chi connectivity index (χ4v) is 0.934. The molecule has 0 spiro atoms. The number of rotatable bonds is 3. The smallest absolute Gasteiger partial charge is 0.166 e. The van der Waals surface area contributed by atoms with E-state index < -0.39 is 0 Å². The molecule has 1 heterocycles. The monoisotopic (exact) mass is 169 g/mol. The summed E-state index contributed by atoms with van der Waals surface area (Å²) in [6, 6.07) is 3.58. The highest BCUT2D eigenvalue weighted by molar-refractivity contribution is 6.25. The summed E-state index contributed by atoms with van der Waals surface area (Å²) < 4.78 is 1.81. The van der Waals surface area contributed by atoms with Gasteiger partial charge in [-0.25, -0.2) is 0 Å². The van der Waals surface area contributed by atoms with E-state index in [0.717, 1.165) is 6.29 Å². The number of carbonyl (C=O) groups is 1. The molecule has 0 saturated heterocycles. The summed E-state index contributed by atoms with van der Waals surface area (Å²) in [5.74, 6) is 0. The Morgan fingerprint density at radius 3 is 3.09 bits per heavy atom. The van der Waals surface area contributed by atoms with Gasteiger partial charge >= 0.3 is 0 Å². The number of aromatic nitrogens is 1. The summed E-state index contributed by atoms with van der Waals surface area (Å²) in [5, 5.41) is 0. The number of aldehydes is 1. The van der Waals surface area contributed by atoms with Gasteiger partial charge in [0.05, 0.1) is 5.69 Å². The molecule has 2 nitrogen and oxygen atoms in total. The molecule has 0 aliphatic heterocycles. The molecule has 1 aromatic rings. The van der Waals surface area contributed by atoms with Crippen molar-refractivity contribution in [2.45, 2.75) is 6.54 Å². The van der Waals surface area contributed by atoms with Crippen molar-refractivity contribution in [3.8, 4) is 0 Å². The zero-order valence-corrected chi connectivity index (χ0v) is 6.66. The van der Waals surface area contributed by atoms with Crippen molar-refractivity contribution in [3.05, 3.63) is 35.6 Å². The lowest BCUT2D eigenvalue weighted by Gasteiger charge is -1.98. The van der Waals surface area contributed by atoms with Crippen molar-refractivity contribution in [1.29, 1.82) is 0 Å². The van der Waals surface area contributed by atoms with Crippen LogP contribution in [0.4, 0.5) is 0 Å². The Labute approximate surface area is 70.1 Å². The van der Waals surface area contributed by atoms with Crippen LogP contribution in [0.5, 0.6) is 0 Å². The lowest BCUT2D eigenvalue weighted by Crippen LogP contribution is -1.97. The number of allylic oxidation sites excluding steroid dienone is 1. The average molecular weight is 170 g/mol. The zero-order chi connectivity index (χ0) is 8.10. The van der Waals surface area contributed by atoms with Crippen LogP contribution in [0.1, 0.15) is 10.5 Å². The van der Waals surface area contributed by atoms with Gasteiger partial charge < -0.3 is 4.57 Å². The molecule has 0 fully saturated rings. The first kappa shape index (κ1) is 8.08. The molecule has 1 rings (SSSR count). The summed E-state index contributed by atoms with van der Waals surface area (Å²) in [6.07, 6.45) is 4.43. The number of hydrogen-bond acceptors (Lipinski definition) is 1. The van der Waals surface area contributed by atoms with Crippen LogP contribution < -0.4 is 0 Å². The largest absolute Gasteiger partial charge is 0.341 e. The Morgan fingerprint density at radius 2 is 2.45 bits per heavy atom. The second kappa shape index (κ2) is 3.98. The molecule has 0 atom stereocenters. The maximum absolute atomic E-state index is 10.4. The first-order valence-corrected chi connectivity index (χ1v) is 3.67. The quantitative estimate of drug-likeness (QED) is 0.635. The van der Waals surface area contributed by atoms with Crippen molar-refractivity contribution in [2.24, 2.45) is 0 Å². The third kappa shape index (κ3) is 1.95. The van der Waals surface area contributed by atoms with Crippen molar-refractivity contribution < 1.29 is 4.79 Å². The average Bonchev–Trinajstić information content (AvgIpc) is 2.47. The van der Waals surface area contributed by atoms with E-state index in [4.69, 9.17) is 11.6 Å². The van der Waals surface area contributed by atoms with E-state index in [1.807, 2.05) is 16.8 Å².